The maximum atomic E-state index is 14.4. The molecule has 0 unspecified atom stereocenters. The Morgan fingerprint density at radius 3 is 2.33 bits per heavy atom. The van der Waals surface area contributed by atoms with E-state index < -0.39 is 17.4 Å². The van der Waals surface area contributed by atoms with E-state index >= 15 is 0 Å². The highest BCUT2D eigenvalue weighted by atomic mass is 35.5. The summed E-state index contributed by atoms with van der Waals surface area (Å²) in [6.07, 6.45) is 12.0. The lowest BCUT2D eigenvalue weighted by Crippen LogP contribution is -2.65. The number of Topliss-reactive ketones (excluding diaryl/α,β-unsaturated/α-hetero) is 1. The Hall–Kier alpha value is -3.18. The minimum atomic E-state index is -1.17. The minimum Gasteiger partial charge on any atom is -0.481 e. The molecule has 2 aromatic heterocycles. The number of carbonyl (C=O) groups excluding carboxylic acids is 2. The first-order valence-corrected chi connectivity index (χ1v) is 21.8. The molecular formula is C45H65ClN6O5. The summed E-state index contributed by atoms with van der Waals surface area (Å²) in [5.74, 6) is 2.15. The molecule has 2 aromatic rings. The number of likely N-dealkylation sites (N-methyl/N-ethyl adjacent to an activating group) is 1. The first kappa shape index (κ1) is 42.0. The first-order valence-electron chi connectivity index (χ1n) is 21.4. The van der Waals surface area contributed by atoms with Crippen molar-refractivity contribution in [3.63, 3.8) is 0 Å². The van der Waals surface area contributed by atoms with Crippen molar-refractivity contribution in [2.75, 3.05) is 13.6 Å². The predicted molar refractivity (Wildman–Crippen MR) is 219 cm³/mol. The van der Waals surface area contributed by atoms with Crippen LogP contribution in [0.15, 0.2) is 23.5 Å². The van der Waals surface area contributed by atoms with Gasteiger partial charge in [0.25, 0.3) is 0 Å². The van der Waals surface area contributed by atoms with Gasteiger partial charge in [-0.1, -0.05) is 65.6 Å². The van der Waals surface area contributed by atoms with E-state index in [4.69, 9.17) is 21.4 Å². The van der Waals surface area contributed by atoms with E-state index in [9.17, 15) is 19.5 Å². The Bertz CT molecular complexity index is 1960. The molecule has 0 bridgehead atoms. The number of ketones is 1. The molecule has 5 aliphatic rings. The molecule has 0 aromatic carbocycles. The number of ether oxygens (including phenoxy) is 1. The molecule has 0 spiro atoms. The monoisotopic (exact) mass is 804 g/mol. The van der Waals surface area contributed by atoms with Gasteiger partial charge >= 0.3 is 11.9 Å². The summed E-state index contributed by atoms with van der Waals surface area (Å²) in [4.78, 5) is 48.3. The number of esters is 1. The summed E-state index contributed by atoms with van der Waals surface area (Å²) >= 11 is 6.14. The van der Waals surface area contributed by atoms with E-state index in [2.05, 4.69) is 73.4 Å². The maximum Gasteiger partial charge on any atom is 0.309 e. The number of rotatable bonds is 11. The van der Waals surface area contributed by atoms with Crippen molar-refractivity contribution >= 4 is 29.3 Å². The molecule has 4 fully saturated rings. The fraction of sp³-hybridized carbons (Fsp3) is 0.756. The second kappa shape index (κ2) is 14.5. The van der Waals surface area contributed by atoms with Crippen LogP contribution in [0.5, 0.6) is 0 Å². The molecule has 12 heteroatoms. The van der Waals surface area contributed by atoms with E-state index in [0.717, 1.165) is 69.3 Å². The lowest BCUT2D eigenvalue weighted by molar-refractivity contribution is -0.233. The van der Waals surface area contributed by atoms with Crippen molar-refractivity contribution in [2.24, 2.45) is 56.2 Å². The highest BCUT2D eigenvalue weighted by molar-refractivity contribution is 6.30. The number of nitrogens with one attached hydrogen (secondary N) is 1. The summed E-state index contributed by atoms with van der Waals surface area (Å²) in [5, 5.41) is 22.9. The van der Waals surface area contributed by atoms with Crippen molar-refractivity contribution in [1.82, 2.24) is 30.0 Å². The summed E-state index contributed by atoms with van der Waals surface area (Å²) in [5.41, 5.74) is 0.870. The van der Waals surface area contributed by atoms with E-state index in [1.165, 1.54) is 5.57 Å². The lowest BCUT2D eigenvalue weighted by Gasteiger charge is -2.72. The third-order valence-corrected chi connectivity index (χ3v) is 16.9. The van der Waals surface area contributed by atoms with Crippen LogP contribution < -0.4 is 5.32 Å². The summed E-state index contributed by atoms with van der Waals surface area (Å²) in [6.45, 7) is 21.2. The quantitative estimate of drug-likeness (QED) is 0.212. The third-order valence-electron chi connectivity index (χ3n) is 16.7. The van der Waals surface area contributed by atoms with Crippen molar-refractivity contribution in [3.8, 4) is 11.6 Å². The standard InChI is InChI=1S/C45H65ClN6O5/c1-26(2)35-29(53)21-45(22-33-50-51-38(52(33)20-19-47-10)37-48-24-27(46)25-49-37)18-17-43(8)28(36(35)45)11-12-31-42(7)15-14-32(57-34(54)23-40(3,4)39(55)56)41(5,6)30(42)13-16-44(31,43)9/h24-26,28,30-32,47H,11-23H2,1-10H3,(H,55,56)/t28-,30+,31-,32+,42+,43-,44-,45+/m1/s1. The smallest absolute Gasteiger partial charge is 0.309 e. The van der Waals surface area contributed by atoms with Crippen LogP contribution in [0.4, 0.5) is 0 Å². The molecule has 0 saturated heterocycles. The molecule has 8 atom stereocenters. The zero-order valence-electron chi connectivity index (χ0n) is 35.9. The number of aromatic nitrogens is 5. The molecular weight excluding hydrogens is 740 g/mol. The van der Waals surface area contributed by atoms with E-state index in [-0.39, 0.29) is 45.5 Å². The van der Waals surface area contributed by atoms with Gasteiger partial charge in [0, 0.05) is 49.2 Å². The average molecular weight is 806 g/mol. The normalized spacial score (nSPS) is 34.7. The number of halogens is 1. The van der Waals surface area contributed by atoms with Gasteiger partial charge in [0.05, 0.1) is 16.9 Å². The summed E-state index contributed by atoms with van der Waals surface area (Å²) in [6, 6.07) is 0. The van der Waals surface area contributed by atoms with E-state index in [1.54, 1.807) is 26.2 Å². The zero-order valence-corrected chi connectivity index (χ0v) is 36.7. The molecule has 0 amide bonds. The largest absolute Gasteiger partial charge is 0.481 e. The summed E-state index contributed by atoms with van der Waals surface area (Å²) < 4.78 is 8.34. The highest BCUT2D eigenvalue weighted by Crippen LogP contribution is 2.77. The average Bonchev–Trinajstić information content (AvgIpc) is 3.66. The number of carbonyl (C=O) groups is 3. The topological polar surface area (TPSA) is 149 Å². The Morgan fingerprint density at radius 2 is 1.68 bits per heavy atom. The third kappa shape index (κ3) is 6.60. The minimum absolute atomic E-state index is 0.00543. The van der Waals surface area contributed by atoms with Gasteiger partial charge in [-0.2, -0.15) is 0 Å². The van der Waals surface area contributed by atoms with Crippen LogP contribution in [0.3, 0.4) is 0 Å². The number of hydrogen-bond donors (Lipinski definition) is 2. The van der Waals surface area contributed by atoms with Crippen molar-refractivity contribution < 1.29 is 24.2 Å². The molecule has 2 N–H and O–H groups in total. The Kier molecular flexibility index (Phi) is 10.7. The lowest BCUT2D eigenvalue weighted by atomic mass is 9.33. The van der Waals surface area contributed by atoms with Gasteiger partial charge in [-0.05, 0) is 118 Å². The van der Waals surface area contributed by atoms with Crippen LogP contribution in [0.25, 0.3) is 11.6 Å². The number of aliphatic carboxylic acids is 1. The molecule has 0 aliphatic heterocycles. The Labute approximate surface area is 344 Å². The van der Waals surface area contributed by atoms with Crippen LogP contribution in [-0.2, 0) is 32.1 Å². The highest BCUT2D eigenvalue weighted by Gasteiger charge is 2.70. The molecule has 57 heavy (non-hydrogen) atoms. The SMILES string of the molecule is CNCCn1c(C[C@@]23CC[C@]4(C)[C@H](CC[C@@H]5[C@@]6(C)CC[C@H](OC(=O)CC(C)(C)C(=O)O)C(C)(C)[C@@H]6CC[C@]54C)C2=C(C(C)C)C(=O)C3)nnc1-c1ncc(Cl)cn1. The number of carboxylic acid groups (broad SMARTS) is 1. The number of allylic oxidation sites excluding steroid dienone is 2. The Balaban J connectivity index is 1.20. The van der Waals surface area contributed by atoms with Crippen molar-refractivity contribution in [1.29, 1.82) is 0 Å². The number of hydrogen-bond acceptors (Lipinski definition) is 9. The molecule has 2 heterocycles. The fourth-order valence-electron chi connectivity index (χ4n) is 13.6. The maximum absolute atomic E-state index is 14.4. The molecule has 312 valence electrons. The van der Waals surface area contributed by atoms with Gasteiger partial charge in [0.2, 0.25) is 5.82 Å². The number of carboxylic acids is 1. The summed E-state index contributed by atoms with van der Waals surface area (Å²) in [7, 11) is 1.94. The van der Waals surface area contributed by atoms with Gasteiger partial charge in [-0.25, -0.2) is 9.97 Å². The van der Waals surface area contributed by atoms with Crippen molar-refractivity contribution in [2.45, 2.75) is 146 Å². The van der Waals surface area contributed by atoms with Crippen LogP contribution >= 0.6 is 11.6 Å². The second-order valence-corrected chi connectivity index (χ2v) is 21.2. The number of fused-ring (bicyclic) bond motifs is 7. The fourth-order valence-corrected chi connectivity index (χ4v) is 13.7. The van der Waals surface area contributed by atoms with Crippen LogP contribution in [-0.4, -0.2) is 67.3 Å². The predicted octanol–water partition coefficient (Wildman–Crippen LogP) is 8.54. The van der Waals surface area contributed by atoms with Gasteiger partial charge in [0.1, 0.15) is 11.9 Å². The van der Waals surface area contributed by atoms with E-state index in [1.807, 2.05) is 7.05 Å². The zero-order chi connectivity index (χ0) is 41.5. The molecule has 11 nitrogen and oxygen atoms in total. The molecule has 7 rings (SSSR count). The molecule has 4 saturated carbocycles. The first-order chi connectivity index (χ1) is 26.6. The van der Waals surface area contributed by atoms with Gasteiger partial charge in [-0.15, -0.1) is 10.2 Å². The molecule has 5 aliphatic carbocycles. The van der Waals surface area contributed by atoms with Crippen LogP contribution in [0, 0.1) is 56.2 Å². The van der Waals surface area contributed by atoms with Crippen LogP contribution in [0.2, 0.25) is 5.02 Å². The van der Waals surface area contributed by atoms with Gasteiger partial charge in [0.15, 0.2) is 11.6 Å². The van der Waals surface area contributed by atoms with Crippen molar-refractivity contribution in [3.05, 3.63) is 34.4 Å². The van der Waals surface area contributed by atoms with Gasteiger partial charge in [-0.3, -0.25) is 14.4 Å². The number of nitrogens with zero attached hydrogens (tertiary/aromatic N) is 5. The van der Waals surface area contributed by atoms with Crippen LogP contribution in [0.1, 0.15) is 132 Å². The van der Waals surface area contributed by atoms with Gasteiger partial charge < -0.3 is 19.7 Å². The van der Waals surface area contributed by atoms with E-state index in [0.29, 0.717) is 59.6 Å². The second-order valence-electron chi connectivity index (χ2n) is 20.8. The Morgan fingerprint density at radius 1 is 0.982 bits per heavy atom. The molecule has 0 radical (unpaired) electrons.